The highest BCUT2D eigenvalue weighted by Gasteiger charge is 2.26. The summed E-state index contributed by atoms with van der Waals surface area (Å²) in [4.78, 5) is 9.55. The molecule has 0 aromatic carbocycles. The number of hydrogen-bond acceptors (Lipinski definition) is 6. The van der Waals surface area contributed by atoms with Gasteiger partial charge in [-0.15, -0.1) is 10.2 Å². The minimum atomic E-state index is 0.444. The van der Waals surface area contributed by atoms with E-state index in [0.29, 0.717) is 5.92 Å². The van der Waals surface area contributed by atoms with Gasteiger partial charge in [-0.25, -0.2) is 0 Å². The zero-order valence-electron chi connectivity index (χ0n) is 17.2. The molecule has 0 amide bonds. The molecule has 0 bridgehead atoms. The molecule has 2 fully saturated rings. The number of ether oxygens (including phenoxy) is 1. The van der Waals surface area contributed by atoms with Crippen LogP contribution in [0.5, 0.6) is 0 Å². The monoisotopic (exact) mass is 384 g/mol. The molecule has 1 atom stereocenters. The second-order valence-corrected chi connectivity index (χ2v) is 8.01. The first-order valence-corrected chi connectivity index (χ1v) is 10.6. The Hall–Kier alpha value is -1.83. The van der Waals surface area contributed by atoms with Crippen molar-refractivity contribution < 1.29 is 4.74 Å². The van der Waals surface area contributed by atoms with Gasteiger partial charge < -0.3 is 9.30 Å². The van der Waals surface area contributed by atoms with Crippen LogP contribution in [0.2, 0.25) is 0 Å². The molecule has 4 rings (SSSR count). The van der Waals surface area contributed by atoms with Crippen LogP contribution in [0, 0.1) is 0 Å². The molecule has 0 radical (unpaired) electrons. The Kier molecular flexibility index (Phi) is 6.34. The summed E-state index contributed by atoms with van der Waals surface area (Å²) < 4.78 is 7.67. The Bertz CT molecular complexity index is 753. The lowest BCUT2D eigenvalue weighted by atomic mass is 9.97. The molecule has 28 heavy (non-hydrogen) atoms. The molecule has 0 aliphatic carbocycles. The summed E-state index contributed by atoms with van der Waals surface area (Å²) in [6, 6.07) is 4.37. The van der Waals surface area contributed by atoms with Crippen LogP contribution in [0.3, 0.4) is 0 Å². The minimum absolute atomic E-state index is 0.444. The van der Waals surface area contributed by atoms with Crippen LogP contribution < -0.4 is 0 Å². The molecular weight excluding hydrogens is 352 g/mol. The van der Waals surface area contributed by atoms with Gasteiger partial charge in [-0.3, -0.25) is 14.8 Å². The lowest BCUT2D eigenvalue weighted by Gasteiger charge is -2.32. The number of aryl methyl sites for hydroxylation is 1. The van der Waals surface area contributed by atoms with Crippen molar-refractivity contribution in [2.45, 2.75) is 45.2 Å². The Balaban J connectivity index is 1.38. The van der Waals surface area contributed by atoms with Gasteiger partial charge in [0.25, 0.3) is 0 Å². The van der Waals surface area contributed by atoms with Crippen LogP contribution in [0.1, 0.15) is 48.6 Å². The van der Waals surface area contributed by atoms with E-state index in [2.05, 4.69) is 55.7 Å². The van der Waals surface area contributed by atoms with Gasteiger partial charge in [-0.05, 0) is 37.4 Å². The number of hydrogen-bond donors (Lipinski definition) is 0. The van der Waals surface area contributed by atoms with E-state index in [1.54, 1.807) is 0 Å². The van der Waals surface area contributed by atoms with Crippen molar-refractivity contribution >= 4 is 0 Å². The van der Waals surface area contributed by atoms with E-state index in [9.17, 15) is 0 Å². The van der Waals surface area contributed by atoms with E-state index < -0.39 is 0 Å². The zero-order valence-corrected chi connectivity index (χ0v) is 17.2. The molecule has 0 N–H and O–H groups in total. The van der Waals surface area contributed by atoms with Gasteiger partial charge in [-0.1, -0.05) is 13.0 Å². The summed E-state index contributed by atoms with van der Waals surface area (Å²) in [6.07, 6.45) is 5.43. The fraction of sp³-hybridized carbons (Fsp3) is 0.667. The van der Waals surface area contributed by atoms with Crippen LogP contribution in [0.15, 0.2) is 18.3 Å². The SMILES string of the molecule is CCc1ccc(CN2CCC[C@@H](c3nnc(CN4CCOCC4)n3C)C2)nc1. The zero-order chi connectivity index (χ0) is 19.3. The van der Waals surface area contributed by atoms with E-state index in [0.717, 1.165) is 76.2 Å². The van der Waals surface area contributed by atoms with E-state index in [1.165, 1.54) is 18.4 Å². The van der Waals surface area contributed by atoms with Gasteiger partial charge in [-0.2, -0.15) is 0 Å². The number of rotatable bonds is 6. The maximum Gasteiger partial charge on any atom is 0.146 e. The molecule has 4 heterocycles. The molecule has 0 spiro atoms. The smallest absolute Gasteiger partial charge is 0.146 e. The van der Waals surface area contributed by atoms with E-state index in [1.807, 2.05) is 6.20 Å². The normalized spacial score (nSPS) is 21.9. The third-order valence-corrected chi connectivity index (χ3v) is 6.02. The van der Waals surface area contributed by atoms with Crippen LogP contribution in [-0.2, 0) is 31.3 Å². The molecule has 2 saturated heterocycles. The summed E-state index contributed by atoms with van der Waals surface area (Å²) >= 11 is 0. The molecule has 2 aromatic rings. The fourth-order valence-corrected chi connectivity index (χ4v) is 4.22. The first-order valence-electron chi connectivity index (χ1n) is 10.6. The maximum absolute atomic E-state index is 5.45. The lowest BCUT2D eigenvalue weighted by molar-refractivity contribution is 0.0326. The number of morpholine rings is 1. The van der Waals surface area contributed by atoms with Crippen molar-refractivity contribution in [3.05, 3.63) is 41.2 Å². The van der Waals surface area contributed by atoms with Gasteiger partial charge in [0.05, 0.1) is 25.5 Å². The predicted octanol–water partition coefficient (Wildman–Crippen LogP) is 1.98. The molecule has 2 aliphatic rings. The minimum Gasteiger partial charge on any atom is -0.379 e. The average molecular weight is 385 g/mol. The van der Waals surface area contributed by atoms with Gasteiger partial charge in [0.15, 0.2) is 0 Å². The molecule has 7 nitrogen and oxygen atoms in total. The third kappa shape index (κ3) is 4.59. The van der Waals surface area contributed by atoms with Crippen molar-refractivity contribution in [2.24, 2.45) is 7.05 Å². The van der Waals surface area contributed by atoms with Crippen LogP contribution in [-0.4, -0.2) is 68.9 Å². The molecule has 0 saturated carbocycles. The topological polar surface area (TPSA) is 59.3 Å². The van der Waals surface area contributed by atoms with Crippen molar-refractivity contribution in [1.82, 2.24) is 29.5 Å². The van der Waals surface area contributed by atoms with E-state index in [4.69, 9.17) is 4.74 Å². The van der Waals surface area contributed by atoms with Crippen molar-refractivity contribution in [3.63, 3.8) is 0 Å². The summed E-state index contributed by atoms with van der Waals surface area (Å²) in [6.45, 7) is 9.68. The Morgan fingerprint density at radius 2 is 1.93 bits per heavy atom. The van der Waals surface area contributed by atoms with Crippen LogP contribution in [0.4, 0.5) is 0 Å². The maximum atomic E-state index is 5.45. The Morgan fingerprint density at radius 3 is 2.68 bits per heavy atom. The number of nitrogens with zero attached hydrogens (tertiary/aromatic N) is 6. The number of pyridine rings is 1. The molecule has 7 heteroatoms. The summed E-state index contributed by atoms with van der Waals surface area (Å²) in [7, 11) is 2.12. The van der Waals surface area contributed by atoms with Gasteiger partial charge in [0.1, 0.15) is 11.6 Å². The van der Waals surface area contributed by atoms with E-state index in [-0.39, 0.29) is 0 Å². The Morgan fingerprint density at radius 1 is 1.07 bits per heavy atom. The summed E-state index contributed by atoms with van der Waals surface area (Å²) in [5, 5.41) is 9.09. The highest BCUT2D eigenvalue weighted by Crippen LogP contribution is 2.26. The number of likely N-dealkylation sites (tertiary alicyclic amines) is 1. The van der Waals surface area contributed by atoms with Crippen molar-refractivity contribution in [2.75, 3.05) is 39.4 Å². The molecule has 2 aliphatic heterocycles. The highest BCUT2D eigenvalue weighted by molar-refractivity contribution is 5.14. The predicted molar refractivity (Wildman–Crippen MR) is 108 cm³/mol. The number of piperidine rings is 1. The number of aromatic nitrogens is 4. The second kappa shape index (κ2) is 9.11. The first kappa shape index (κ1) is 19.5. The molecule has 0 unspecified atom stereocenters. The molecule has 2 aromatic heterocycles. The second-order valence-electron chi connectivity index (χ2n) is 8.01. The summed E-state index contributed by atoms with van der Waals surface area (Å²) in [5.41, 5.74) is 2.45. The standard InChI is InChI=1S/C21H32N6O/c1-3-17-6-7-19(22-13-17)15-27-8-4-5-18(14-27)21-24-23-20(25(21)2)16-26-9-11-28-12-10-26/h6-7,13,18H,3-5,8-12,14-16H2,1-2H3/t18-/m1/s1. The quantitative estimate of drug-likeness (QED) is 0.759. The molecule has 152 valence electrons. The first-order chi connectivity index (χ1) is 13.7. The van der Waals surface area contributed by atoms with E-state index >= 15 is 0 Å². The van der Waals surface area contributed by atoms with Crippen molar-refractivity contribution in [1.29, 1.82) is 0 Å². The van der Waals surface area contributed by atoms with Crippen LogP contribution >= 0.6 is 0 Å². The van der Waals surface area contributed by atoms with Crippen LogP contribution in [0.25, 0.3) is 0 Å². The van der Waals surface area contributed by atoms with Crippen molar-refractivity contribution in [3.8, 4) is 0 Å². The fourth-order valence-electron chi connectivity index (χ4n) is 4.22. The summed E-state index contributed by atoms with van der Waals surface area (Å²) in [5.74, 6) is 2.63. The largest absolute Gasteiger partial charge is 0.379 e. The van der Waals surface area contributed by atoms with Gasteiger partial charge in [0.2, 0.25) is 0 Å². The highest BCUT2D eigenvalue weighted by atomic mass is 16.5. The van der Waals surface area contributed by atoms with Gasteiger partial charge >= 0.3 is 0 Å². The lowest BCUT2D eigenvalue weighted by Crippen LogP contribution is -2.36. The average Bonchev–Trinajstić information content (AvgIpc) is 3.10. The van der Waals surface area contributed by atoms with Gasteiger partial charge in [0, 0.05) is 45.3 Å². The Labute approximate surface area is 167 Å². The third-order valence-electron chi connectivity index (χ3n) is 6.02. The molecular formula is C21H32N6O.